The lowest BCUT2D eigenvalue weighted by molar-refractivity contribution is 0.599. The molecule has 0 bridgehead atoms. The van der Waals surface area contributed by atoms with Gasteiger partial charge in [0.15, 0.2) is 15.7 Å². The Kier molecular flexibility index (Phi) is 4.30. The summed E-state index contributed by atoms with van der Waals surface area (Å²) in [6.45, 7) is 4.85. The SMILES string of the molecule is CCN(c1cnnc(N2c3ccccc3CC2C)n1)C1CCS(=O)(=O)C1. The minimum Gasteiger partial charge on any atom is -0.351 e. The molecular formula is C18H23N5O2S. The van der Waals surface area contributed by atoms with E-state index in [4.69, 9.17) is 4.98 Å². The molecule has 2 aliphatic rings. The Morgan fingerprint density at radius 2 is 2.12 bits per heavy atom. The number of hydrogen-bond donors (Lipinski definition) is 0. The second-order valence-corrected chi connectivity index (χ2v) is 9.24. The fraction of sp³-hybridized carbons (Fsp3) is 0.500. The van der Waals surface area contributed by atoms with Gasteiger partial charge in [-0.15, -0.1) is 5.10 Å². The molecule has 1 aromatic heterocycles. The van der Waals surface area contributed by atoms with Crippen molar-refractivity contribution in [2.45, 2.75) is 38.8 Å². The standard InChI is InChI=1S/C18H23N5O2S/c1-3-22(15-8-9-26(24,25)12-15)17-11-19-21-18(20-17)23-13(2)10-14-6-4-5-7-16(14)23/h4-7,11,13,15H,3,8-10,12H2,1-2H3. The van der Waals surface area contributed by atoms with Crippen LogP contribution in [-0.2, 0) is 16.3 Å². The Bertz CT molecular complexity index is 917. The van der Waals surface area contributed by atoms with Crippen LogP contribution in [0.4, 0.5) is 17.5 Å². The number of para-hydroxylation sites is 1. The van der Waals surface area contributed by atoms with E-state index in [0.29, 0.717) is 24.7 Å². The number of benzene rings is 1. The van der Waals surface area contributed by atoms with Gasteiger partial charge in [0.25, 0.3) is 5.95 Å². The first-order valence-corrected chi connectivity index (χ1v) is 10.8. The van der Waals surface area contributed by atoms with E-state index >= 15 is 0 Å². The van der Waals surface area contributed by atoms with Gasteiger partial charge in [0.2, 0.25) is 0 Å². The van der Waals surface area contributed by atoms with E-state index in [2.05, 4.69) is 34.2 Å². The van der Waals surface area contributed by atoms with E-state index in [1.807, 2.05) is 24.0 Å². The lowest BCUT2D eigenvalue weighted by Crippen LogP contribution is -2.37. The second-order valence-electron chi connectivity index (χ2n) is 7.01. The number of rotatable bonds is 4. The zero-order chi connectivity index (χ0) is 18.3. The molecule has 2 atom stereocenters. The molecule has 2 aliphatic heterocycles. The molecule has 3 heterocycles. The number of hydrogen-bond acceptors (Lipinski definition) is 7. The zero-order valence-electron chi connectivity index (χ0n) is 15.0. The lowest BCUT2D eigenvalue weighted by atomic mass is 10.1. The molecule has 0 N–H and O–H groups in total. The maximum absolute atomic E-state index is 11.9. The molecule has 26 heavy (non-hydrogen) atoms. The molecular weight excluding hydrogens is 350 g/mol. The quantitative estimate of drug-likeness (QED) is 0.810. The summed E-state index contributed by atoms with van der Waals surface area (Å²) >= 11 is 0. The van der Waals surface area contributed by atoms with E-state index in [1.54, 1.807) is 6.20 Å². The molecule has 0 aliphatic carbocycles. The van der Waals surface area contributed by atoms with Crippen LogP contribution in [0.3, 0.4) is 0 Å². The average molecular weight is 373 g/mol. The summed E-state index contributed by atoms with van der Waals surface area (Å²) in [6.07, 6.45) is 3.21. The van der Waals surface area contributed by atoms with Gasteiger partial charge in [-0.25, -0.2) is 8.42 Å². The Morgan fingerprint density at radius 3 is 2.85 bits per heavy atom. The van der Waals surface area contributed by atoms with Crippen molar-refractivity contribution in [3.63, 3.8) is 0 Å². The van der Waals surface area contributed by atoms with Crippen LogP contribution >= 0.6 is 0 Å². The van der Waals surface area contributed by atoms with Gasteiger partial charge in [-0.1, -0.05) is 18.2 Å². The maximum Gasteiger partial charge on any atom is 0.252 e. The monoisotopic (exact) mass is 373 g/mol. The summed E-state index contributed by atoms with van der Waals surface area (Å²) in [5.41, 5.74) is 2.40. The molecule has 1 fully saturated rings. The number of sulfone groups is 1. The van der Waals surface area contributed by atoms with Crippen LogP contribution < -0.4 is 9.80 Å². The highest BCUT2D eigenvalue weighted by Crippen LogP contribution is 2.36. The summed E-state index contributed by atoms with van der Waals surface area (Å²) in [5.74, 6) is 1.69. The normalized spacial score (nSPS) is 23.8. The third-order valence-corrected chi connectivity index (χ3v) is 6.99. The highest BCUT2D eigenvalue weighted by molar-refractivity contribution is 7.91. The summed E-state index contributed by atoms with van der Waals surface area (Å²) in [5, 5.41) is 8.43. The van der Waals surface area contributed by atoms with Gasteiger partial charge < -0.3 is 9.80 Å². The number of fused-ring (bicyclic) bond motifs is 1. The van der Waals surface area contributed by atoms with Crippen molar-refractivity contribution in [3.05, 3.63) is 36.0 Å². The predicted octanol–water partition coefficient (Wildman–Crippen LogP) is 1.97. The Morgan fingerprint density at radius 1 is 1.31 bits per heavy atom. The van der Waals surface area contributed by atoms with Gasteiger partial charge in [0.1, 0.15) is 0 Å². The predicted molar refractivity (Wildman–Crippen MR) is 102 cm³/mol. The van der Waals surface area contributed by atoms with Crippen molar-refractivity contribution < 1.29 is 8.42 Å². The molecule has 4 rings (SSSR count). The zero-order valence-corrected chi connectivity index (χ0v) is 15.9. The van der Waals surface area contributed by atoms with Crippen molar-refractivity contribution in [3.8, 4) is 0 Å². The van der Waals surface area contributed by atoms with Crippen LogP contribution in [0.5, 0.6) is 0 Å². The van der Waals surface area contributed by atoms with Gasteiger partial charge in [-0.05, 0) is 38.3 Å². The first-order valence-electron chi connectivity index (χ1n) is 9.02. The molecule has 1 aromatic carbocycles. The first-order chi connectivity index (χ1) is 12.5. The van der Waals surface area contributed by atoms with Crippen molar-refractivity contribution in [2.24, 2.45) is 0 Å². The topological polar surface area (TPSA) is 79.3 Å². The van der Waals surface area contributed by atoms with Crippen molar-refractivity contribution in [2.75, 3.05) is 27.9 Å². The highest BCUT2D eigenvalue weighted by Gasteiger charge is 2.34. The molecule has 1 saturated heterocycles. The number of aromatic nitrogens is 3. The van der Waals surface area contributed by atoms with Gasteiger partial charge >= 0.3 is 0 Å². The van der Waals surface area contributed by atoms with E-state index in [-0.39, 0.29) is 23.6 Å². The van der Waals surface area contributed by atoms with Gasteiger partial charge in [-0.2, -0.15) is 10.1 Å². The Labute approximate surface area is 154 Å². The van der Waals surface area contributed by atoms with Crippen LogP contribution in [0.15, 0.2) is 30.5 Å². The van der Waals surface area contributed by atoms with E-state index in [9.17, 15) is 8.42 Å². The highest BCUT2D eigenvalue weighted by atomic mass is 32.2. The molecule has 0 saturated carbocycles. The number of nitrogens with zero attached hydrogens (tertiary/aromatic N) is 5. The second kappa shape index (κ2) is 6.50. The fourth-order valence-corrected chi connectivity index (χ4v) is 5.76. The van der Waals surface area contributed by atoms with E-state index in [1.165, 1.54) is 5.56 Å². The van der Waals surface area contributed by atoms with Crippen molar-refractivity contribution in [1.29, 1.82) is 0 Å². The first kappa shape index (κ1) is 17.2. The molecule has 0 amide bonds. The third-order valence-electron chi connectivity index (χ3n) is 5.24. The van der Waals surface area contributed by atoms with Crippen molar-refractivity contribution in [1.82, 2.24) is 15.2 Å². The molecule has 0 spiro atoms. The van der Waals surface area contributed by atoms with E-state index < -0.39 is 9.84 Å². The maximum atomic E-state index is 11.9. The molecule has 0 radical (unpaired) electrons. The van der Waals surface area contributed by atoms with Gasteiger partial charge in [0.05, 0.1) is 17.7 Å². The third kappa shape index (κ3) is 3.02. The lowest BCUT2D eigenvalue weighted by Gasteiger charge is -2.29. The van der Waals surface area contributed by atoms with Gasteiger partial charge in [-0.3, -0.25) is 0 Å². The van der Waals surface area contributed by atoms with Crippen LogP contribution in [0.2, 0.25) is 0 Å². The van der Waals surface area contributed by atoms with Crippen LogP contribution in [-0.4, -0.2) is 53.7 Å². The van der Waals surface area contributed by atoms with Crippen LogP contribution in [0.1, 0.15) is 25.8 Å². The molecule has 2 unspecified atom stereocenters. The van der Waals surface area contributed by atoms with Crippen LogP contribution in [0.25, 0.3) is 0 Å². The summed E-state index contributed by atoms with van der Waals surface area (Å²) < 4.78 is 23.7. The van der Waals surface area contributed by atoms with Gasteiger partial charge in [0, 0.05) is 24.3 Å². The molecule has 7 nitrogen and oxygen atoms in total. The minimum absolute atomic E-state index is 0.0437. The summed E-state index contributed by atoms with van der Waals surface area (Å²) in [4.78, 5) is 8.90. The van der Waals surface area contributed by atoms with E-state index in [0.717, 1.165) is 12.1 Å². The minimum atomic E-state index is -2.95. The fourth-order valence-electron chi connectivity index (χ4n) is 4.03. The Hall–Kier alpha value is -2.22. The van der Waals surface area contributed by atoms with Crippen LogP contribution in [0, 0.1) is 0 Å². The Balaban J connectivity index is 1.67. The van der Waals surface area contributed by atoms with Crippen molar-refractivity contribution >= 4 is 27.3 Å². The average Bonchev–Trinajstić information content (AvgIpc) is 3.14. The molecule has 2 aromatic rings. The molecule has 8 heteroatoms. The number of anilines is 3. The summed E-state index contributed by atoms with van der Waals surface area (Å²) in [6, 6.07) is 8.48. The largest absolute Gasteiger partial charge is 0.351 e. The smallest absolute Gasteiger partial charge is 0.252 e. The molecule has 138 valence electrons. The summed E-state index contributed by atoms with van der Waals surface area (Å²) in [7, 11) is -2.95.